The summed E-state index contributed by atoms with van der Waals surface area (Å²) in [5, 5.41) is 10.4. The minimum Gasteiger partial charge on any atom is -0.491 e. The van der Waals surface area contributed by atoms with E-state index in [0.717, 1.165) is 12.1 Å². The van der Waals surface area contributed by atoms with Gasteiger partial charge in [0.05, 0.1) is 23.9 Å². The average Bonchev–Trinajstić information content (AvgIpc) is 2.32. The highest BCUT2D eigenvalue weighted by Crippen LogP contribution is 2.22. The number of hydrogen-bond donors (Lipinski definition) is 0. The molecular weight excluding hydrogens is 317 g/mol. The maximum atomic E-state index is 13.2. The third-order valence-electron chi connectivity index (χ3n) is 2.08. The quantitative estimate of drug-likeness (QED) is 0.312. The van der Waals surface area contributed by atoms with Gasteiger partial charge in [0.25, 0.3) is 0 Å². The topological polar surface area (TPSA) is 95.7 Å². The molecule has 0 fully saturated rings. The van der Waals surface area contributed by atoms with Crippen LogP contribution in [0.3, 0.4) is 0 Å². The van der Waals surface area contributed by atoms with Crippen LogP contribution in [-0.2, 0) is 13.8 Å². The van der Waals surface area contributed by atoms with E-state index >= 15 is 0 Å². The van der Waals surface area contributed by atoms with Gasteiger partial charge in [0.15, 0.2) is 0 Å². The van der Waals surface area contributed by atoms with E-state index in [1.165, 1.54) is 6.07 Å². The molecule has 1 aromatic carbocycles. The lowest BCUT2D eigenvalue weighted by Crippen LogP contribution is -2.12. The molecule has 0 bridgehead atoms. The fraction of sp³-hybridized carbons (Fsp3) is 0.400. The Morgan fingerprint density at radius 2 is 2.00 bits per heavy atom. The maximum absolute atomic E-state index is 13.2. The third-order valence-corrected chi connectivity index (χ3v) is 3.20. The molecule has 0 spiro atoms. The minimum absolute atomic E-state index is 0.0413. The number of nitrogens with zero attached hydrogens (tertiary/aromatic N) is 1. The van der Waals surface area contributed by atoms with Gasteiger partial charge in [0, 0.05) is 22.8 Å². The number of nitro benzene ring substituents is 1. The summed E-state index contributed by atoms with van der Waals surface area (Å²) in [5.41, 5.74) is -0.638. The van der Waals surface area contributed by atoms with Gasteiger partial charge in [0.1, 0.15) is 12.4 Å². The molecular formula is C10H11ClFNO6S. The monoisotopic (exact) mass is 327 g/mol. The Morgan fingerprint density at radius 3 is 2.55 bits per heavy atom. The SMILES string of the molecule is O=[N+]([O-])c1ccc(OCCOCCS(=O)(=O)Cl)cc1F. The molecule has 7 nitrogen and oxygen atoms in total. The van der Waals surface area contributed by atoms with E-state index < -0.39 is 25.5 Å². The first kappa shape index (κ1) is 16.6. The minimum atomic E-state index is -3.59. The largest absolute Gasteiger partial charge is 0.491 e. The van der Waals surface area contributed by atoms with Gasteiger partial charge < -0.3 is 9.47 Å². The van der Waals surface area contributed by atoms with Crippen LogP contribution in [0.25, 0.3) is 0 Å². The van der Waals surface area contributed by atoms with Gasteiger partial charge in [-0.3, -0.25) is 10.1 Å². The number of ether oxygens (including phenoxy) is 2. The van der Waals surface area contributed by atoms with E-state index in [0.29, 0.717) is 0 Å². The second kappa shape index (κ2) is 7.36. The van der Waals surface area contributed by atoms with Crippen LogP contribution in [0.4, 0.5) is 10.1 Å². The maximum Gasteiger partial charge on any atom is 0.305 e. The summed E-state index contributed by atoms with van der Waals surface area (Å²) in [6.07, 6.45) is 0. The Bertz CT molecular complexity index is 579. The average molecular weight is 328 g/mol. The van der Waals surface area contributed by atoms with Crippen molar-refractivity contribution >= 4 is 25.4 Å². The van der Waals surface area contributed by atoms with Crippen molar-refractivity contribution in [3.05, 3.63) is 34.1 Å². The van der Waals surface area contributed by atoms with Gasteiger partial charge in [-0.05, 0) is 6.07 Å². The summed E-state index contributed by atoms with van der Waals surface area (Å²) < 4.78 is 44.4. The number of benzene rings is 1. The fourth-order valence-electron chi connectivity index (χ4n) is 1.20. The Hall–Kier alpha value is -1.45. The molecule has 0 aliphatic carbocycles. The van der Waals surface area contributed by atoms with Crippen molar-refractivity contribution in [2.75, 3.05) is 25.6 Å². The second-order valence-corrected chi connectivity index (χ2v) is 6.47. The molecule has 1 aromatic rings. The predicted molar refractivity (Wildman–Crippen MR) is 69.0 cm³/mol. The molecule has 0 saturated heterocycles. The van der Waals surface area contributed by atoms with Crippen LogP contribution in [0.15, 0.2) is 18.2 Å². The van der Waals surface area contributed by atoms with Crippen LogP contribution in [0.5, 0.6) is 5.75 Å². The Morgan fingerprint density at radius 1 is 1.30 bits per heavy atom. The molecule has 0 saturated carbocycles. The highest BCUT2D eigenvalue weighted by atomic mass is 35.7. The standard InChI is InChI=1S/C10H11ClFNO6S/c11-20(16,17)6-5-18-3-4-19-8-1-2-10(13(14)15)9(12)7-8/h1-2,7H,3-6H2. The molecule has 0 aliphatic rings. The summed E-state index contributed by atoms with van der Waals surface area (Å²) >= 11 is 0. The molecule has 112 valence electrons. The van der Waals surface area contributed by atoms with Gasteiger partial charge in [-0.25, -0.2) is 8.42 Å². The molecule has 1 rings (SSSR count). The van der Waals surface area contributed by atoms with Crippen LogP contribution in [0.1, 0.15) is 0 Å². The van der Waals surface area contributed by atoms with Crippen LogP contribution in [0.2, 0.25) is 0 Å². The van der Waals surface area contributed by atoms with Gasteiger partial charge >= 0.3 is 5.69 Å². The summed E-state index contributed by atoms with van der Waals surface area (Å²) in [5.74, 6) is -1.20. The molecule has 0 radical (unpaired) electrons. The van der Waals surface area contributed by atoms with E-state index in [1.54, 1.807) is 0 Å². The summed E-state index contributed by atoms with van der Waals surface area (Å²) in [6, 6.07) is 3.14. The van der Waals surface area contributed by atoms with Gasteiger partial charge in [-0.1, -0.05) is 0 Å². The number of rotatable bonds is 8. The first-order chi connectivity index (χ1) is 9.29. The van der Waals surface area contributed by atoms with Gasteiger partial charge in [-0.2, -0.15) is 4.39 Å². The van der Waals surface area contributed by atoms with Crippen molar-refractivity contribution in [1.29, 1.82) is 0 Å². The highest BCUT2D eigenvalue weighted by Gasteiger charge is 2.14. The normalized spacial score (nSPS) is 11.3. The first-order valence-electron chi connectivity index (χ1n) is 5.36. The molecule has 0 unspecified atom stereocenters. The van der Waals surface area contributed by atoms with Crippen molar-refractivity contribution in [2.45, 2.75) is 0 Å². The van der Waals surface area contributed by atoms with Crippen LogP contribution >= 0.6 is 10.7 Å². The molecule has 0 heterocycles. The molecule has 0 amide bonds. The summed E-state index contributed by atoms with van der Waals surface area (Å²) in [7, 11) is 1.37. The molecule has 0 atom stereocenters. The fourth-order valence-corrected chi connectivity index (χ4v) is 1.71. The molecule has 0 N–H and O–H groups in total. The Kier molecular flexibility index (Phi) is 6.11. The van der Waals surface area contributed by atoms with Crippen molar-refractivity contribution < 1.29 is 27.2 Å². The number of halogens is 2. The van der Waals surface area contributed by atoms with E-state index in [-0.39, 0.29) is 31.3 Å². The molecule has 0 aliphatic heterocycles. The highest BCUT2D eigenvalue weighted by molar-refractivity contribution is 8.13. The van der Waals surface area contributed by atoms with Crippen molar-refractivity contribution in [3.63, 3.8) is 0 Å². The van der Waals surface area contributed by atoms with Crippen molar-refractivity contribution in [1.82, 2.24) is 0 Å². The van der Waals surface area contributed by atoms with Crippen molar-refractivity contribution in [3.8, 4) is 5.75 Å². The predicted octanol–water partition coefficient (Wildman–Crippen LogP) is 1.70. The smallest absolute Gasteiger partial charge is 0.305 e. The number of hydrogen-bond acceptors (Lipinski definition) is 6. The lowest BCUT2D eigenvalue weighted by atomic mass is 10.3. The summed E-state index contributed by atoms with van der Waals surface area (Å²) in [6.45, 7) is 0.0361. The zero-order valence-electron chi connectivity index (χ0n) is 10.1. The van der Waals surface area contributed by atoms with Crippen LogP contribution in [0, 0.1) is 15.9 Å². The lowest BCUT2D eigenvalue weighted by Gasteiger charge is -2.06. The molecule has 10 heteroatoms. The summed E-state index contributed by atoms with van der Waals surface area (Å²) in [4.78, 5) is 9.55. The zero-order valence-corrected chi connectivity index (χ0v) is 11.7. The first-order valence-corrected chi connectivity index (χ1v) is 7.84. The second-order valence-electron chi connectivity index (χ2n) is 3.57. The van der Waals surface area contributed by atoms with Gasteiger partial charge in [-0.15, -0.1) is 0 Å². The van der Waals surface area contributed by atoms with E-state index in [2.05, 4.69) is 0 Å². The number of nitro groups is 1. The van der Waals surface area contributed by atoms with E-state index in [4.69, 9.17) is 20.2 Å². The molecule has 0 aromatic heterocycles. The van der Waals surface area contributed by atoms with Crippen LogP contribution in [-0.4, -0.2) is 38.9 Å². The van der Waals surface area contributed by atoms with E-state index in [1.807, 2.05) is 0 Å². The third kappa shape index (κ3) is 6.13. The Balaban J connectivity index is 2.33. The zero-order chi connectivity index (χ0) is 15.2. The van der Waals surface area contributed by atoms with Crippen molar-refractivity contribution in [2.24, 2.45) is 0 Å². The van der Waals surface area contributed by atoms with Crippen LogP contribution < -0.4 is 4.74 Å². The lowest BCUT2D eigenvalue weighted by molar-refractivity contribution is -0.387. The van der Waals surface area contributed by atoms with Gasteiger partial charge in [0.2, 0.25) is 14.9 Å². The van der Waals surface area contributed by atoms with E-state index in [9.17, 15) is 22.9 Å². The Labute approximate surface area is 118 Å². The molecule has 20 heavy (non-hydrogen) atoms.